The number of pyridine rings is 2. The van der Waals surface area contributed by atoms with Gasteiger partial charge in [-0.05, 0) is 42.0 Å². The SMILES string of the molecule is c1cnnc(Nc2ccc3scc(-c4ccncc4)c3n2)c1. The lowest BCUT2D eigenvalue weighted by atomic mass is 10.1. The zero-order chi connectivity index (χ0) is 14.8. The van der Waals surface area contributed by atoms with E-state index in [1.165, 1.54) is 0 Å². The molecule has 0 bridgehead atoms. The number of nitrogens with zero attached hydrogens (tertiary/aromatic N) is 4. The van der Waals surface area contributed by atoms with Crippen LogP contribution in [0.2, 0.25) is 0 Å². The van der Waals surface area contributed by atoms with E-state index >= 15 is 0 Å². The fourth-order valence-electron chi connectivity index (χ4n) is 2.22. The zero-order valence-electron chi connectivity index (χ0n) is 11.5. The molecule has 0 radical (unpaired) electrons. The predicted octanol–water partition coefficient (Wildman–Crippen LogP) is 3.89. The van der Waals surface area contributed by atoms with Crippen molar-refractivity contribution in [3.8, 4) is 11.1 Å². The van der Waals surface area contributed by atoms with Crippen LogP contribution in [0.25, 0.3) is 21.3 Å². The van der Waals surface area contributed by atoms with E-state index in [1.807, 2.05) is 30.3 Å². The number of fused-ring (bicyclic) bond motifs is 1. The quantitative estimate of drug-likeness (QED) is 0.622. The highest BCUT2D eigenvalue weighted by molar-refractivity contribution is 7.17. The maximum Gasteiger partial charge on any atom is 0.154 e. The number of rotatable bonds is 3. The molecule has 0 aliphatic carbocycles. The molecule has 0 spiro atoms. The summed E-state index contributed by atoms with van der Waals surface area (Å²) in [4.78, 5) is 8.78. The van der Waals surface area contributed by atoms with Crippen molar-refractivity contribution in [3.05, 3.63) is 60.4 Å². The van der Waals surface area contributed by atoms with Gasteiger partial charge in [-0.1, -0.05) is 0 Å². The highest BCUT2D eigenvalue weighted by Gasteiger charge is 2.09. The van der Waals surface area contributed by atoms with E-state index in [2.05, 4.69) is 31.9 Å². The lowest BCUT2D eigenvalue weighted by Gasteiger charge is -2.04. The van der Waals surface area contributed by atoms with Crippen LogP contribution >= 0.6 is 11.3 Å². The van der Waals surface area contributed by atoms with Gasteiger partial charge < -0.3 is 5.32 Å². The van der Waals surface area contributed by atoms with E-state index in [0.29, 0.717) is 5.82 Å². The van der Waals surface area contributed by atoms with Crippen molar-refractivity contribution in [1.82, 2.24) is 20.2 Å². The van der Waals surface area contributed by atoms with Crippen LogP contribution in [-0.2, 0) is 0 Å². The smallest absolute Gasteiger partial charge is 0.154 e. The summed E-state index contributed by atoms with van der Waals surface area (Å²) < 4.78 is 1.15. The molecule has 0 fully saturated rings. The third-order valence-corrected chi connectivity index (χ3v) is 4.17. The number of nitrogens with one attached hydrogen (secondary N) is 1. The van der Waals surface area contributed by atoms with Gasteiger partial charge >= 0.3 is 0 Å². The maximum absolute atomic E-state index is 4.72. The number of aromatic nitrogens is 4. The lowest BCUT2D eigenvalue weighted by molar-refractivity contribution is 1.03. The largest absolute Gasteiger partial charge is 0.323 e. The minimum Gasteiger partial charge on any atom is -0.323 e. The molecule has 0 aliphatic rings. The highest BCUT2D eigenvalue weighted by atomic mass is 32.1. The molecule has 4 aromatic heterocycles. The summed E-state index contributed by atoms with van der Waals surface area (Å²) in [5.41, 5.74) is 3.21. The molecule has 0 aliphatic heterocycles. The summed E-state index contributed by atoms with van der Waals surface area (Å²) in [5.74, 6) is 1.43. The van der Waals surface area contributed by atoms with Crippen LogP contribution in [0.3, 0.4) is 0 Å². The van der Waals surface area contributed by atoms with Gasteiger partial charge in [0.1, 0.15) is 5.82 Å². The molecule has 4 aromatic rings. The summed E-state index contributed by atoms with van der Waals surface area (Å²) in [6, 6.07) is 11.7. The normalized spacial score (nSPS) is 10.7. The molecule has 5 nitrogen and oxygen atoms in total. The summed E-state index contributed by atoms with van der Waals surface area (Å²) in [6.07, 6.45) is 5.23. The number of hydrogen-bond acceptors (Lipinski definition) is 6. The van der Waals surface area contributed by atoms with E-state index in [9.17, 15) is 0 Å². The Labute approximate surface area is 130 Å². The Morgan fingerprint density at radius 3 is 2.64 bits per heavy atom. The van der Waals surface area contributed by atoms with Crippen LogP contribution in [0.4, 0.5) is 11.6 Å². The van der Waals surface area contributed by atoms with Crippen molar-refractivity contribution in [3.63, 3.8) is 0 Å². The van der Waals surface area contributed by atoms with E-state index in [-0.39, 0.29) is 0 Å². The van der Waals surface area contributed by atoms with Crippen molar-refractivity contribution < 1.29 is 0 Å². The first-order valence-corrected chi connectivity index (χ1v) is 7.61. The second-order valence-corrected chi connectivity index (χ2v) is 5.57. The Hall–Kier alpha value is -2.86. The minimum absolute atomic E-state index is 0.676. The first-order valence-electron chi connectivity index (χ1n) is 6.73. The van der Waals surface area contributed by atoms with Crippen LogP contribution < -0.4 is 5.32 Å². The molecule has 0 aromatic carbocycles. The molecule has 0 amide bonds. The first kappa shape index (κ1) is 12.8. The molecule has 0 atom stereocenters. The van der Waals surface area contributed by atoms with E-state index in [0.717, 1.165) is 27.2 Å². The second-order valence-electron chi connectivity index (χ2n) is 4.66. The van der Waals surface area contributed by atoms with Gasteiger partial charge in [-0.15, -0.1) is 16.4 Å². The molecule has 6 heteroatoms. The molecular weight excluding hydrogens is 294 g/mol. The molecule has 0 saturated heterocycles. The number of thiophene rings is 1. The van der Waals surface area contributed by atoms with Crippen molar-refractivity contribution in [2.75, 3.05) is 5.32 Å². The Balaban J connectivity index is 1.77. The van der Waals surface area contributed by atoms with Gasteiger partial charge in [0.15, 0.2) is 5.82 Å². The third kappa shape index (κ3) is 2.40. The summed E-state index contributed by atoms with van der Waals surface area (Å²) in [7, 11) is 0. The first-order chi connectivity index (χ1) is 10.9. The third-order valence-electron chi connectivity index (χ3n) is 3.24. The summed E-state index contributed by atoms with van der Waals surface area (Å²) in [5, 5.41) is 13.2. The number of anilines is 2. The van der Waals surface area contributed by atoms with E-state index in [4.69, 9.17) is 4.98 Å². The molecule has 22 heavy (non-hydrogen) atoms. The van der Waals surface area contributed by atoms with Crippen molar-refractivity contribution >= 4 is 33.2 Å². The Morgan fingerprint density at radius 2 is 1.82 bits per heavy atom. The van der Waals surface area contributed by atoms with Crippen LogP contribution in [0.15, 0.2) is 60.4 Å². The standard InChI is InChI=1S/C16H11N5S/c1-2-15(21-18-7-1)19-14-4-3-13-16(20-14)12(10-22-13)11-5-8-17-9-6-11/h1-10H,(H,19,20,21). The molecular formula is C16H11N5S. The molecule has 0 unspecified atom stereocenters. The van der Waals surface area contributed by atoms with Gasteiger partial charge in [0.2, 0.25) is 0 Å². The van der Waals surface area contributed by atoms with Gasteiger partial charge in [-0.3, -0.25) is 4.98 Å². The summed E-state index contributed by atoms with van der Waals surface area (Å²) in [6.45, 7) is 0. The average molecular weight is 305 g/mol. The lowest BCUT2D eigenvalue weighted by Crippen LogP contribution is -1.96. The molecule has 106 valence electrons. The van der Waals surface area contributed by atoms with Gasteiger partial charge in [-0.2, -0.15) is 5.10 Å². The van der Waals surface area contributed by atoms with Crippen molar-refractivity contribution in [2.45, 2.75) is 0 Å². The van der Waals surface area contributed by atoms with Crippen LogP contribution in [0.5, 0.6) is 0 Å². The highest BCUT2D eigenvalue weighted by Crippen LogP contribution is 2.33. The fraction of sp³-hybridized carbons (Fsp3) is 0. The predicted molar refractivity (Wildman–Crippen MR) is 88.2 cm³/mol. The van der Waals surface area contributed by atoms with Crippen LogP contribution in [0, 0.1) is 0 Å². The molecule has 4 heterocycles. The molecule has 4 rings (SSSR count). The Kier molecular flexibility index (Phi) is 3.21. The topological polar surface area (TPSA) is 63.6 Å². The van der Waals surface area contributed by atoms with Crippen molar-refractivity contribution in [1.29, 1.82) is 0 Å². The second kappa shape index (κ2) is 5.50. The monoisotopic (exact) mass is 305 g/mol. The minimum atomic E-state index is 0.676. The Morgan fingerprint density at radius 1 is 0.909 bits per heavy atom. The summed E-state index contributed by atoms with van der Waals surface area (Å²) >= 11 is 1.69. The molecule has 1 N–H and O–H groups in total. The molecule has 0 saturated carbocycles. The van der Waals surface area contributed by atoms with E-state index in [1.54, 1.807) is 29.9 Å². The number of hydrogen-bond donors (Lipinski definition) is 1. The van der Waals surface area contributed by atoms with Gasteiger partial charge in [0, 0.05) is 29.5 Å². The van der Waals surface area contributed by atoms with Gasteiger partial charge in [0.05, 0.1) is 10.2 Å². The van der Waals surface area contributed by atoms with Crippen LogP contribution in [-0.4, -0.2) is 20.2 Å². The van der Waals surface area contributed by atoms with Crippen LogP contribution in [0.1, 0.15) is 0 Å². The fourth-order valence-corrected chi connectivity index (χ4v) is 3.12. The van der Waals surface area contributed by atoms with Crippen molar-refractivity contribution in [2.24, 2.45) is 0 Å². The average Bonchev–Trinajstić information content (AvgIpc) is 3.00. The maximum atomic E-state index is 4.72. The van der Waals surface area contributed by atoms with E-state index < -0.39 is 0 Å². The van der Waals surface area contributed by atoms with Gasteiger partial charge in [-0.25, -0.2) is 4.98 Å². The van der Waals surface area contributed by atoms with Gasteiger partial charge in [0.25, 0.3) is 0 Å². The zero-order valence-corrected chi connectivity index (χ0v) is 12.3. The Bertz CT molecular complexity index is 906.